The summed E-state index contributed by atoms with van der Waals surface area (Å²) in [5.41, 5.74) is 3.59. The molecule has 0 heterocycles. The summed E-state index contributed by atoms with van der Waals surface area (Å²) in [7, 11) is 0. The maximum atomic E-state index is 12.8. The fourth-order valence-electron chi connectivity index (χ4n) is 4.27. The molecule has 23 heavy (non-hydrogen) atoms. The second-order valence-corrected chi connectivity index (χ2v) is 7.29. The molecule has 0 radical (unpaired) electrons. The minimum absolute atomic E-state index is 0.0165. The highest BCUT2D eigenvalue weighted by molar-refractivity contribution is 6.10. The summed E-state index contributed by atoms with van der Waals surface area (Å²) in [4.78, 5) is 23.8. The summed E-state index contributed by atoms with van der Waals surface area (Å²) in [6, 6.07) is 0. The molecule has 4 heteroatoms. The number of amides is 1. The average molecular weight is 315 g/mol. The third-order valence-corrected chi connectivity index (χ3v) is 5.85. The summed E-state index contributed by atoms with van der Waals surface area (Å²) in [6.45, 7) is 7.94. The molecule has 1 saturated carbocycles. The van der Waals surface area contributed by atoms with Gasteiger partial charge in [0.2, 0.25) is 5.91 Å². The van der Waals surface area contributed by atoms with Gasteiger partial charge in [-0.15, -0.1) is 0 Å². The molecule has 3 rings (SSSR count). The highest BCUT2D eigenvalue weighted by atomic mass is 16.3. The van der Waals surface area contributed by atoms with Crippen LogP contribution >= 0.6 is 0 Å². The first kappa shape index (κ1) is 16.2. The van der Waals surface area contributed by atoms with Crippen molar-refractivity contribution in [3.63, 3.8) is 0 Å². The normalized spacial score (nSPS) is 28.2. The Bertz CT molecular complexity index is 687. The van der Waals surface area contributed by atoms with Crippen molar-refractivity contribution in [1.29, 1.82) is 0 Å². The van der Waals surface area contributed by atoms with Gasteiger partial charge in [0.25, 0.3) is 0 Å². The molecule has 0 unspecified atom stereocenters. The molecule has 2 N–H and O–H groups in total. The Kier molecular flexibility index (Phi) is 3.64. The van der Waals surface area contributed by atoms with Crippen molar-refractivity contribution in [2.75, 3.05) is 6.54 Å². The van der Waals surface area contributed by atoms with Gasteiger partial charge in [0.1, 0.15) is 5.60 Å². The van der Waals surface area contributed by atoms with Crippen LogP contribution in [0, 0.1) is 5.41 Å². The van der Waals surface area contributed by atoms with E-state index in [9.17, 15) is 14.7 Å². The fourth-order valence-corrected chi connectivity index (χ4v) is 4.27. The zero-order valence-electron chi connectivity index (χ0n) is 14.4. The lowest BCUT2D eigenvalue weighted by molar-refractivity contribution is -0.137. The van der Waals surface area contributed by atoms with Gasteiger partial charge in [-0.2, -0.15) is 0 Å². The molecule has 4 nitrogen and oxygen atoms in total. The Hall–Kier alpha value is -1.68. The monoisotopic (exact) mass is 315 g/mol. The second kappa shape index (κ2) is 5.17. The molecule has 0 aromatic rings. The van der Waals surface area contributed by atoms with E-state index >= 15 is 0 Å². The number of nitrogens with one attached hydrogen (secondary N) is 1. The molecule has 0 aliphatic heterocycles. The van der Waals surface area contributed by atoms with E-state index < -0.39 is 5.60 Å². The van der Waals surface area contributed by atoms with Crippen LogP contribution in [-0.4, -0.2) is 28.9 Å². The number of hydrogen-bond acceptors (Lipinski definition) is 3. The van der Waals surface area contributed by atoms with Crippen LogP contribution in [0.3, 0.4) is 0 Å². The number of hydrogen-bond donors (Lipinski definition) is 2. The number of Topliss-reactive ketones (excluding diaryl/α,β-unsaturated/α-hetero) is 1. The highest BCUT2D eigenvalue weighted by Gasteiger charge is 2.64. The number of ketones is 1. The minimum Gasteiger partial charge on any atom is -0.381 e. The van der Waals surface area contributed by atoms with Gasteiger partial charge >= 0.3 is 0 Å². The minimum atomic E-state index is -1.28. The van der Waals surface area contributed by atoms with Gasteiger partial charge in [-0.3, -0.25) is 9.59 Å². The van der Waals surface area contributed by atoms with E-state index in [0.29, 0.717) is 12.1 Å². The van der Waals surface area contributed by atoms with Gasteiger partial charge < -0.3 is 10.4 Å². The maximum Gasteiger partial charge on any atom is 0.216 e. The van der Waals surface area contributed by atoms with E-state index in [1.54, 1.807) is 6.92 Å². The van der Waals surface area contributed by atoms with Crippen molar-refractivity contribution in [2.24, 2.45) is 5.41 Å². The predicted octanol–water partition coefficient (Wildman–Crippen LogP) is 2.59. The van der Waals surface area contributed by atoms with Crippen LogP contribution in [-0.2, 0) is 9.59 Å². The number of allylic oxidation sites excluding steroid dienone is 4. The van der Waals surface area contributed by atoms with Gasteiger partial charge in [-0.1, -0.05) is 5.57 Å². The van der Waals surface area contributed by atoms with Crippen LogP contribution in [0.4, 0.5) is 0 Å². The summed E-state index contributed by atoms with van der Waals surface area (Å²) >= 11 is 0. The van der Waals surface area contributed by atoms with Crippen LogP contribution in [0.2, 0.25) is 0 Å². The molecular weight excluding hydrogens is 290 g/mol. The van der Waals surface area contributed by atoms with Crippen molar-refractivity contribution >= 4 is 11.7 Å². The van der Waals surface area contributed by atoms with Crippen LogP contribution in [0.25, 0.3) is 0 Å². The van der Waals surface area contributed by atoms with E-state index in [0.717, 1.165) is 36.8 Å². The lowest BCUT2D eigenvalue weighted by Gasteiger charge is -2.39. The zero-order valence-corrected chi connectivity index (χ0v) is 14.4. The number of aliphatic hydroxyl groups is 1. The van der Waals surface area contributed by atoms with Crippen LogP contribution < -0.4 is 5.32 Å². The molecule has 1 amide bonds. The molecule has 0 aromatic carbocycles. The van der Waals surface area contributed by atoms with Gasteiger partial charge in [-0.05, 0) is 69.2 Å². The first-order valence-corrected chi connectivity index (χ1v) is 8.37. The molecule has 0 saturated heterocycles. The van der Waals surface area contributed by atoms with Gasteiger partial charge in [0.05, 0.1) is 0 Å². The van der Waals surface area contributed by atoms with Gasteiger partial charge in [-0.25, -0.2) is 0 Å². The lowest BCUT2D eigenvalue weighted by atomic mass is 9.67. The Morgan fingerprint density at radius 2 is 2.00 bits per heavy atom. The van der Waals surface area contributed by atoms with E-state index in [1.165, 1.54) is 18.1 Å². The van der Waals surface area contributed by atoms with Crippen molar-refractivity contribution in [3.05, 3.63) is 33.9 Å². The topological polar surface area (TPSA) is 66.4 Å². The molecule has 0 aromatic heterocycles. The molecule has 1 fully saturated rings. The molecular formula is C19H25NO3. The molecule has 1 spiro atoms. The quantitative estimate of drug-likeness (QED) is 0.784. The molecule has 3 aliphatic carbocycles. The fraction of sp³-hybridized carbons (Fsp3) is 0.579. The lowest BCUT2D eigenvalue weighted by Crippen LogP contribution is -2.49. The standard InChI is InChI=1S/C19H25NO3/c1-11-10-15-16(14(11)6-5-9-20-13(3)21)12(2)19(7-8-19)18(4,23)17(15)22/h10,23H,5-9H2,1-4H3,(H,20,21)/t18-/m0/s1. The van der Waals surface area contributed by atoms with Crippen molar-refractivity contribution in [3.8, 4) is 0 Å². The maximum absolute atomic E-state index is 12.8. The largest absolute Gasteiger partial charge is 0.381 e. The van der Waals surface area contributed by atoms with E-state index in [4.69, 9.17) is 0 Å². The van der Waals surface area contributed by atoms with Crippen molar-refractivity contribution < 1.29 is 14.7 Å². The predicted molar refractivity (Wildman–Crippen MR) is 88.7 cm³/mol. The highest BCUT2D eigenvalue weighted by Crippen LogP contribution is 2.65. The number of carbonyl (C=O) groups excluding carboxylic acids is 2. The second-order valence-electron chi connectivity index (χ2n) is 7.29. The SMILES string of the molecule is CC(=O)NCCCC1=C(C)C=C2C(=O)[C@](C)(O)C3(CC3)C(C)=C21. The Balaban J connectivity index is 1.89. The first-order chi connectivity index (χ1) is 10.7. The third-order valence-electron chi connectivity index (χ3n) is 5.85. The van der Waals surface area contributed by atoms with Gasteiger partial charge in [0, 0.05) is 24.5 Å². The summed E-state index contributed by atoms with van der Waals surface area (Å²) in [6.07, 6.45) is 5.38. The Labute approximate surface area is 137 Å². The molecule has 124 valence electrons. The van der Waals surface area contributed by atoms with E-state index in [1.807, 2.05) is 13.0 Å². The first-order valence-electron chi connectivity index (χ1n) is 8.37. The summed E-state index contributed by atoms with van der Waals surface area (Å²) in [5.74, 6) is -0.149. The van der Waals surface area contributed by atoms with Crippen LogP contribution in [0.5, 0.6) is 0 Å². The smallest absolute Gasteiger partial charge is 0.216 e. The number of carbonyl (C=O) groups is 2. The van der Waals surface area contributed by atoms with Crippen molar-refractivity contribution in [2.45, 2.75) is 59.0 Å². The third kappa shape index (κ3) is 2.23. The summed E-state index contributed by atoms with van der Waals surface area (Å²) in [5, 5.41) is 13.6. The Morgan fingerprint density at radius 3 is 2.57 bits per heavy atom. The van der Waals surface area contributed by atoms with E-state index in [2.05, 4.69) is 12.2 Å². The average Bonchev–Trinajstić information content (AvgIpc) is 3.22. The number of fused-ring (bicyclic) bond motifs is 1. The Morgan fingerprint density at radius 1 is 1.35 bits per heavy atom. The molecule has 0 bridgehead atoms. The van der Waals surface area contributed by atoms with E-state index in [-0.39, 0.29) is 17.1 Å². The van der Waals surface area contributed by atoms with Gasteiger partial charge in [0.15, 0.2) is 5.78 Å². The zero-order chi connectivity index (χ0) is 17.0. The molecule has 1 atom stereocenters. The van der Waals surface area contributed by atoms with Crippen LogP contribution in [0.15, 0.2) is 33.9 Å². The summed E-state index contributed by atoms with van der Waals surface area (Å²) < 4.78 is 0. The number of rotatable bonds is 4. The molecule has 3 aliphatic rings. The van der Waals surface area contributed by atoms with Crippen molar-refractivity contribution in [1.82, 2.24) is 5.32 Å². The van der Waals surface area contributed by atoms with Crippen LogP contribution in [0.1, 0.15) is 53.4 Å².